The first kappa shape index (κ1) is 12.7. The Kier molecular flexibility index (Phi) is 3.69. The molecule has 1 amide bonds. The Hall–Kier alpha value is -1.79. The highest BCUT2D eigenvalue weighted by molar-refractivity contribution is 6.42. The molecule has 0 unspecified atom stereocenters. The molecule has 0 bridgehead atoms. The zero-order chi connectivity index (χ0) is 13.1. The number of hydrogen-bond donors (Lipinski definition) is 2. The van der Waals surface area contributed by atoms with E-state index in [9.17, 15) is 9.59 Å². The van der Waals surface area contributed by atoms with Crippen LogP contribution in [0.2, 0.25) is 10.0 Å². The average Bonchev–Trinajstić information content (AvgIpc) is 2.69. The maximum absolute atomic E-state index is 11.6. The smallest absolute Gasteiger partial charge is 0.320 e. The van der Waals surface area contributed by atoms with E-state index in [0.717, 1.165) is 6.20 Å². The highest BCUT2D eigenvalue weighted by Gasteiger charge is 2.13. The normalized spacial score (nSPS) is 10.3. The van der Waals surface area contributed by atoms with Crippen LogP contribution < -0.4 is 15.6 Å². The van der Waals surface area contributed by atoms with E-state index in [0.29, 0.717) is 15.7 Å². The first-order valence-electron chi connectivity index (χ1n) is 4.87. The van der Waals surface area contributed by atoms with Crippen molar-refractivity contribution in [2.45, 2.75) is 6.54 Å². The average molecular weight is 289 g/mol. The van der Waals surface area contributed by atoms with Gasteiger partial charge in [0.15, 0.2) is 0 Å². The van der Waals surface area contributed by atoms with Crippen LogP contribution in [0.25, 0.3) is 0 Å². The molecule has 18 heavy (non-hydrogen) atoms. The van der Waals surface area contributed by atoms with Gasteiger partial charge in [-0.2, -0.15) is 0 Å². The van der Waals surface area contributed by atoms with E-state index in [1.165, 1.54) is 10.7 Å². The van der Waals surface area contributed by atoms with Gasteiger partial charge in [-0.15, -0.1) is 0 Å². The lowest BCUT2D eigenvalue weighted by Crippen LogP contribution is -2.41. The van der Waals surface area contributed by atoms with Crippen LogP contribution in [0.5, 0.6) is 0 Å². The molecule has 8 heteroatoms. The van der Waals surface area contributed by atoms with E-state index in [-0.39, 0.29) is 12.5 Å². The molecule has 0 aliphatic heterocycles. The Morgan fingerprint density at radius 2 is 2.17 bits per heavy atom. The van der Waals surface area contributed by atoms with Crippen LogP contribution in [0.3, 0.4) is 0 Å². The molecule has 0 saturated carbocycles. The summed E-state index contributed by atoms with van der Waals surface area (Å²) in [5.41, 5.74) is -0.0434. The van der Waals surface area contributed by atoms with E-state index in [2.05, 4.69) is 15.1 Å². The van der Waals surface area contributed by atoms with Gasteiger partial charge in [0.05, 0.1) is 10.0 Å². The fourth-order valence-electron chi connectivity index (χ4n) is 1.29. The van der Waals surface area contributed by atoms with Crippen molar-refractivity contribution in [2.75, 3.05) is 5.32 Å². The Morgan fingerprint density at radius 3 is 2.78 bits per heavy atom. The standard InChI is InChI=1S/C10H7Cl2N3O3/c11-7-2-1-6(3-8(7)12)13-9(16)4-15-5-10(17)18-14-15/h1-3,5H,4H2,(H-,13,14,16,17)/p+1. The second kappa shape index (κ2) is 5.24. The number of rotatable bonds is 3. The van der Waals surface area contributed by atoms with Gasteiger partial charge in [-0.1, -0.05) is 27.9 Å². The highest BCUT2D eigenvalue weighted by Crippen LogP contribution is 2.24. The Morgan fingerprint density at radius 1 is 1.39 bits per heavy atom. The number of anilines is 1. The highest BCUT2D eigenvalue weighted by atomic mass is 35.5. The van der Waals surface area contributed by atoms with Gasteiger partial charge in [0.2, 0.25) is 0 Å². The molecule has 1 heterocycles. The molecule has 94 valence electrons. The van der Waals surface area contributed by atoms with Crippen molar-refractivity contribution in [3.63, 3.8) is 0 Å². The maximum atomic E-state index is 11.6. The number of nitrogens with zero attached hydrogens (tertiary/aromatic N) is 1. The number of amides is 1. The van der Waals surface area contributed by atoms with E-state index in [4.69, 9.17) is 23.2 Å². The molecule has 0 atom stereocenters. The number of halogens is 2. The lowest BCUT2D eigenvalue weighted by Gasteiger charge is -2.03. The summed E-state index contributed by atoms with van der Waals surface area (Å²) in [6, 6.07) is 4.73. The van der Waals surface area contributed by atoms with Gasteiger partial charge in [0, 0.05) is 5.69 Å². The van der Waals surface area contributed by atoms with Crippen molar-refractivity contribution in [1.82, 2.24) is 5.27 Å². The van der Waals surface area contributed by atoms with Gasteiger partial charge in [0.25, 0.3) is 18.6 Å². The summed E-state index contributed by atoms with van der Waals surface area (Å²) in [7, 11) is 0. The molecule has 1 aromatic heterocycles. The van der Waals surface area contributed by atoms with Gasteiger partial charge in [-0.25, -0.2) is 4.79 Å². The second-order valence-electron chi connectivity index (χ2n) is 3.45. The zero-order valence-electron chi connectivity index (χ0n) is 8.94. The Labute approximate surface area is 111 Å². The fraction of sp³-hybridized carbons (Fsp3) is 0.100. The van der Waals surface area contributed by atoms with Crippen LogP contribution in [-0.2, 0) is 11.3 Å². The van der Waals surface area contributed by atoms with Gasteiger partial charge >= 0.3 is 5.63 Å². The predicted octanol–water partition coefficient (Wildman–Crippen LogP) is 1.20. The number of benzene rings is 1. The van der Waals surface area contributed by atoms with Gasteiger partial charge in [-0.3, -0.25) is 9.32 Å². The number of carbonyl (C=O) groups is 1. The third kappa shape index (κ3) is 3.12. The summed E-state index contributed by atoms with van der Waals surface area (Å²) in [5.74, 6) is -0.338. The third-order valence-electron chi connectivity index (χ3n) is 2.04. The molecule has 0 spiro atoms. The van der Waals surface area contributed by atoms with Crippen molar-refractivity contribution in [3.05, 3.63) is 44.9 Å². The molecule has 2 aromatic rings. The third-order valence-corrected chi connectivity index (χ3v) is 2.78. The minimum absolute atomic E-state index is 0.0774. The van der Waals surface area contributed by atoms with Gasteiger partial charge in [-0.05, 0) is 23.5 Å². The maximum Gasteiger partial charge on any atom is 0.426 e. The molecule has 1 aromatic carbocycles. The summed E-state index contributed by atoms with van der Waals surface area (Å²) in [5, 5.41) is 5.62. The summed E-state index contributed by atoms with van der Waals surface area (Å²) in [6.07, 6.45) is 1.13. The quantitative estimate of drug-likeness (QED) is 0.833. The van der Waals surface area contributed by atoms with E-state index in [1.54, 1.807) is 12.1 Å². The molecule has 6 nitrogen and oxygen atoms in total. The summed E-state index contributed by atoms with van der Waals surface area (Å²) in [4.78, 5) is 22.3. The van der Waals surface area contributed by atoms with Crippen LogP contribution in [0.1, 0.15) is 0 Å². The molecule has 2 N–H and O–H groups in total. The predicted molar refractivity (Wildman–Crippen MR) is 64.6 cm³/mol. The number of aromatic nitrogens is 2. The number of carbonyl (C=O) groups excluding carboxylic acids is 1. The topological polar surface area (TPSA) is 79.0 Å². The van der Waals surface area contributed by atoms with Crippen molar-refractivity contribution in [3.8, 4) is 0 Å². The molecule has 0 fully saturated rings. The minimum Gasteiger partial charge on any atom is -0.320 e. The molecule has 0 saturated heterocycles. The summed E-state index contributed by atoms with van der Waals surface area (Å²) >= 11 is 11.6. The SMILES string of the molecule is O=C(C[n+]1cc(=O)o[nH]1)Nc1ccc(Cl)c(Cl)c1. The van der Waals surface area contributed by atoms with Crippen molar-refractivity contribution in [1.29, 1.82) is 0 Å². The summed E-state index contributed by atoms with van der Waals surface area (Å²) < 4.78 is 5.63. The molecule has 0 aliphatic rings. The van der Waals surface area contributed by atoms with Crippen LogP contribution in [0.4, 0.5) is 5.69 Å². The molecule has 0 aliphatic carbocycles. The van der Waals surface area contributed by atoms with E-state index in [1.807, 2.05) is 0 Å². The monoisotopic (exact) mass is 288 g/mol. The number of H-pyrrole nitrogens is 1. The van der Waals surface area contributed by atoms with Crippen LogP contribution in [0, 0.1) is 0 Å². The van der Waals surface area contributed by atoms with Gasteiger partial charge < -0.3 is 5.32 Å². The molecular formula is C10H8Cl2N3O3+. The van der Waals surface area contributed by atoms with E-state index >= 15 is 0 Å². The second-order valence-corrected chi connectivity index (χ2v) is 4.26. The van der Waals surface area contributed by atoms with Crippen molar-refractivity contribution >= 4 is 34.8 Å². The molecule has 0 radical (unpaired) electrons. The lowest BCUT2D eigenvalue weighted by molar-refractivity contribution is -0.750. The fourth-order valence-corrected chi connectivity index (χ4v) is 1.59. The molecule has 2 rings (SSSR count). The number of nitrogens with one attached hydrogen (secondary N) is 2. The summed E-state index contributed by atoms with van der Waals surface area (Å²) in [6.45, 7) is -0.0774. The Bertz CT molecular complexity index is 635. The van der Waals surface area contributed by atoms with Gasteiger partial charge in [0.1, 0.15) is 0 Å². The van der Waals surface area contributed by atoms with Crippen LogP contribution >= 0.6 is 23.2 Å². The largest absolute Gasteiger partial charge is 0.426 e. The van der Waals surface area contributed by atoms with Crippen LogP contribution in [-0.4, -0.2) is 11.2 Å². The van der Waals surface area contributed by atoms with Crippen molar-refractivity contribution in [2.24, 2.45) is 0 Å². The number of aromatic amines is 1. The minimum atomic E-state index is -0.558. The van der Waals surface area contributed by atoms with Crippen molar-refractivity contribution < 1.29 is 14.0 Å². The lowest BCUT2D eigenvalue weighted by atomic mass is 10.3. The molecular weight excluding hydrogens is 281 g/mol. The Balaban J connectivity index is 2.02. The van der Waals surface area contributed by atoms with E-state index < -0.39 is 5.63 Å². The first-order chi connectivity index (χ1) is 8.54. The first-order valence-corrected chi connectivity index (χ1v) is 5.63. The zero-order valence-corrected chi connectivity index (χ0v) is 10.5. The number of hydrogen-bond acceptors (Lipinski definition) is 3. The van der Waals surface area contributed by atoms with Crippen LogP contribution in [0.15, 0.2) is 33.7 Å².